The van der Waals surface area contributed by atoms with Gasteiger partial charge in [0.25, 0.3) is 0 Å². The molecular weight excluding hydrogens is 250 g/mol. The molecule has 4 nitrogen and oxygen atoms in total. The molecule has 1 N–H and O–H groups in total. The van der Waals surface area contributed by atoms with Crippen LogP contribution in [0.15, 0.2) is 30.3 Å². The van der Waals surface area contributed by atoms with E-state index in [0.29, 0.717) is 6.42 Å². The fraction of sp³-hybridized carbons (Fsp3) is 0.562. The molecule has 1 aromatic rings. The summed E-state index contributed by atoms with van der Waals surface area (Å²) in [6.07, 6.45) is 1.62. The van der Waals surface area contributed by atoms with Crippen LogP contribution in [-0.2, 0) is 0 Å². The minimum Gasteiger partial charge on any atom is -0.395 e. The van der Waals surface area contributed by atoms with E-state index >= 15 is 0 Å². The summed E-state index contributed by atoms with van der Waals surface area (Å²) in [5, 5.41) is 18.2. The molecule has 0 aromatic heterocycles. The number of hydrogen-bond donors (Lipinski definition) is 1. The molecule has 1 atom stereocenters. The number of hydrogen-bond acceptors (Lipinski definition) is 4. The second kappa shape index (κ2) is 8.01. The van der Waals surface area contributed by atoms with E-state index < -0.39 is 0 Å². The van der Waals surface area contributed by atoms with Crippen LogP contribution in [-0.4, -0.2) is 54.2 Å². The molecule has 1 fully saturated rings. The third-order valence-electron chi connectivity index (χ3n) is 3.95. The third-order valence-corrected chi connectivity index (χ3v) is 3.95. The van der Waals surface area contributed by atoms with Crippen molar-refractivity contribution in [2.75, 3.05) is 39.3 Å². The highest BCUT2D eigenvalue weighted by Crippen LogP contribution is 2.25. The molecule has 108 valence electrons. The van der Waals surface area contributed by atoms with Crippen molar-refractivity contribution in [2.45, 2.75) is 18.9 Å². The molecule has 0 spiro atoms. The van der Waals surface area contributed by atoms with Crippen LogP contribution in [0.1, 0.15) is 24.4 Å². The summed E-state index contributed by atoms with van der Waals surface area (Å²) in [5.74, 6) is 0. The lowest BCUT2D eigenvalue weighted by molar-refractivity contribution is 0.181. The Morgan fingerprint density at radius 2 is 1.95 bits per heavy atom. The van der Waals surface area contributed by atoms with Crippen molar-refractivity contribution < 1.29 is 5.11 Å². The first-order valence-corrected chi connectivity index (χ1v) is 7.34. The van der Waals surface area contributed by atoms with E-state index in [4.69, 9.17) is 10.4 Å². The molecule has 1 aliphatic rings. The highest BCUT2D eigenvalue weighted by molar-refractivity contribution is 5.20. The second-order valence-electron chi connectivity index (χ2n) is 5.24. The van der Waals surface area contributed by atoms with Crippen molar-refractivity contribution in [3.8, 4) is 6.07 Å². The summed E-state index contributed by atoms with van der Waals surface area (Å²) in [7, 11) is 0. The Labute approximate surface area is 121 Å². The van der Waals surface area contributed by atoms with E-state index in [1.54, 1.807) is 0 Å². The van der Waals surface area contributed by atoms with E-state index in [1.807, 2.05) is 18.2 Å². The number of benzene rings is 1. The molecule has 1 aliphatic heterocycles. The van der Waals surface area contributed by atoms with Gasteiger partial charge in [-0.3, -0.25) is 9.80 Å². The maximum absolute atomic E-state index is 9.12. The lowest BCUT2D eigenvalue weighted by Gasteiger charge is -2.29. The lowest BCUT2D eigenvalue weighted by atomic mass is 10.0. The van der Waals surface area contributed by atoms with Crippen molar-refractivity contribution in [3.05, 3.63) is 35.9 Å². The SMILES string of the molecule is N#CCC(c1ccccc1)N1CCCN(CCO)CC1. The standard InChI is InChI=1S/C16H23N3O/c17-8-7-16(15-5-2-1-3-6-15)19-10-4-9-18(11-12-19)13-14-20/h1-3,5-6,16,20H,4,7,9-14H2. The van der Waals surface area contributed by atoms with Crippen molar-refractivity contribution in [3.63, 3.8) is 0 Å². The predicted octanol–water partition coefficient (Wildman–Crippen LogP) is 1.64. The number of nitrogens with zero attached hydrogens (tertiary/aromatic N) is 3. The molecule has 0 saturated carbocycles. The topological polar surface area (TPSA) is 50.5 Å². The van der Waals surface area contributed by atoms with Crippen molar-refractivity contribution in [1.29, 1.82) is 5.26 Å². The van der Waals surface area contributed by atoms with Gasteiger partial charge in [0, 0.05) is 32.2 Å². The Balaban J connectivity index is 2.05. The van der Waals surface area contributed by atoms with Gasteiger partial charge in [-0.15, -0.1) is 0 Å². The van der Waals surface area contributed by atoms with Gasteiger partial charge in [0.15, 0.2) is 0 Å². The lowest BCUT2D eigenvalue weighted by Crippen LogP contribution is -2.34. The molecule has 0 amide bonds. The zero-order chi connectivity index (χ0) is 14.2. The normalized spacial score (nSPS) is 19.2. The van der Waals surface area contributed by atoms with Gasteiger partial charge in [-0.25, -0.2) is 0 Å². The number of aliphatic hydroxyl groups is 1. The minimum atomic E-state index is 0.190. The number of β-amino-alcohol motifs (C(OH)–C–C–N with tert-alkyl or cyclic N) is 1. The Hall–Kier alpha value is -1.41. The number of rotatable bonds is 5. The summed E-state index contributed by atoms with van der Waals surface area (Å²) in [4.78, 5) is 4.71. The fourth-order valence-electron chi connectivity index (χ4n) is 2.89. The van der Waals surface area contributed by atoms with E-state index in [-0.39, 0.29) is 12.6 Å². The zero-order valence-corrected chi connectivity index (χ0v) is 11.9. The Kier molecular flexibility index (Phi) is 6.00. The van der Waals surface area contributed by atoms with Gasteiger partial charge in [-0.1, -0.05) is 30.3 Å². The molecule has 1 unspecified atom stereocenters. The molecule has 4 heteroatoms. The monoisotopic (exact) mass is 273 g/mol. The van der Waals surface area contributed by atoms with Crippen molar-refractivity contribution in [1.82, 2.24) is 9.80 Å². The average Bonchev–Trinajstić information content (AvgIpc) is 2.72. The quantitative estimate of drug-likeness (QED) is 0.886. The van der Waals surface area contributed by atoms with Crippen LogP contribution in [0.25, 0.3) is 0 Å². The van der Waals surface area contributed by atoms with Crippen LogP contribution in [0.5, 0.6) is 0 Å². The fourth-order valence-corrected chi connectivity index (χ4v) is 2.89. The summed E-state index contributed by atoms with van der Waals surface area (Å²) >= 11 is 0. The molecule has 1 saturated heterocycles. The van der Waals surface area contributed by atoms with Gasteiger partial charge in [0.05, 0.1) is 19.1 Å². The van der Waals surface area contributed by atoms with Crippen LogP contribution in [0.2, 0.25) is 0 Å². The number of aliphatic hydroxyl groups excluding tert-OH is 1. The van der Waals surface area contributed by atoms with E-state index in [2.05, 4.69) is 28.0 Å². The van der Waals surface area contributed by atoms with Crippen LogP contribution < -0.4 is 0 Å². The molecule has 20 heavy (non-hydrogen) atoms. The van der Waals surface area contributed by atoms with Crippen molar-refractivity contribution in [2.24, 2.45) is 0 Å². The summed E-state index contributed by atoms with van der Waals surface area (Å²) in [6.45, 7) is 4.95. The Bertz CT molecular complexity index is 429. The summed E-state index contributed by atoms with van der Waals surface area (Å²) < 4.78 is 0. The van der Waals surface area contributed by atoms with Gasteiger partial charge in [-0.2, -0.15) is 5.26 Å². The maximum atomic E-state index is 9.12. The Morgan fingerprint density at radius 3 is 2.65 bits per heavy atom. The largest absolute Gasteiger partial charge is 0.395 e. The predicted molar refractivity (Wildman–Crippen MR) is 79.1 cm³/mol. The first kappa shape index (κ1) is 15.0. The summed E-state index contributed by atoms with van der Waals surface area (Å²) in [5.41, 5.74) is 1.23. The highest BCUT2D eigenvalue weighted by Gasteiger charge is 2.22. The molecular formula is C16H23N3O. The maximum Gasteiger partial charge on any atom is 0.0641 e. The van der Waals surface area contributed by atoms with Crippen molar-refractivity contribution >= 4 is 0 Å². The first-order chi connectivity index (χ1) is 9.85. The minimum absolute atomic E-state index is 0.190. The second-order valence-corrected chi connectivity index (χ2v) is 5.24. The van der Waals surface area contributed by atoms with Crippen LogP contribution >= 0.6 is 0 Å². The smallest absolute Gasteiger partial charge is 0.0641 e. The van der Waals surface area contributed by atoms with E-state index in [9.17, 15) is 0 Å². The molecule has 1 heterocycles. The van der Waals surface area contributed by atoms with Crippen LogP contribution in [0.4, 0.5) is 0 Å². The van der Waals surface area contributed by atoms with Gasteiger partial charge < -0.3 is 5.11 Å². The molecule has 0 bridgehead atoms. The first-order valence-electron chi connectivity index (χ1n) is 7.34. The summed E-state index contributed by atoms with van der Waals surface area (Å²) in [6, 6.07) is 12.8. The van der Waals surface area contributed by atoms with E-state index in [0.717, 1.165) is 39.1 Å². The van der Waals surface area contributed by atoms with E-state index in [1.165, 1.54) is 5.56 Å². The molecule has 2 rings (SSSR count). The van der Waals surface area contributed by atoms with Gasteiger partial charge in [-0.05, 0) is 18.5 Å². The zero-order valence-electron chi connectivity index (χ0n) is 11.9. The van der Waals surface area contributed by atoms with Crippen LogP contribution in [0, 0.1) is 11.3 Å². The number of nitriles is 1. The Morgan fingerprint density at radius 1 is 1.15 bits per heavy atom. The van der Waals surface area contributed by atoms with Gasteiger partial charge in [0.1, 0.15) is 0 Å². The highest BCUT2D eigenvalue weighted by atomic mass is 16.3. The molecule has 0 aliphatic carbocycles. The molecule has 1 aromatic carbocycles. The molecule has 0 radical (unpaired) electrons. The van der Waals surface area contributed by atoms with Crippen LogP contribution in [0.3, 0.4) is 0 Å². The average molecular weight is 273 g/mol. The third kappa shape index (κ3) is 4.04. The van der Waals surface area contributed by atoms with Gasteiger partial charge in [0.2, 0.25) is 0 Å². The van der Waals surface area contributed by atoms with Gasteiger partial charge >= 0.3 is 0 Å².